The Kier molecular flexibility index (Phi) is 2.92. The van der Waals surface area contributed by atoms with Gasteiger partial charge in [0.05, 0.1) is 6.67 Å². The molecule has 0 saturated carbocycles. The Hall–Kier alpha value is -1.49. The van der Waals surface area contributed by atoms with E-state index in [0.717, 1.165) is 0 Å². The lowest BCUT2D eigenvalue weighted by Crippen LogP contribution is -2.44. The zero-order valence-electron chi connectivity index (χ0n) is 7.16. The SMILES string of the molecule is CC(=O)NCNC1C(=O)C=CC1=O. The van der Waals surface area contributed by atoms with Crippen molar-refractivity contribution in [3.63, 3.8) is 0 Å². The molecule has 13 heavy (non-hydrogen) atoms. The van der Waals surface area contributed by atoms with Crippen LogP contribution in [0.2, 0.25) is 0 Å². The van der Waals surface area contributed by atoms with Crippen molar-refractivity contribution in [1.82, 2.24) is 10.6 Å². The summed E-state index contributed by atoms with van der Waals surface area (Å²) < 4.78 is 0. The second-order valence-corrected chi connectivity index (χ2v) is 2.68. The molecule has 0 aromatic heterocycles. The molecule has 0 spiro atoms. The summed E-state index contributed by atoms with van der Waals surface area (Å²) in [7, 11) is 0. The second kappa shape index (κ2) is 3.95. The predicted molar refractivity (Wildman–Crippen MR) is 44.8 cm³/mol. The minimum atomic E-state index is -0.813. The quantitative estimate of drug-likeness (QED) is 0.422. The Balaban J connectivity index is 2.34. The zero-order valence-corrected chi connectivity index (χ0v) is 7.16. The van der Waals surface area contributed by atoms with Crippen molar-refractivity contribution >= 4 is 17.5 Å². The first-order valence-electron chi connectivity index (χ1n) is 3.85. The van der Waals surface area contributed by atoms with E-state index in [1.807, 2.05) is 0 Å². The minimum absolute atomic E-state index is 0.124. The number of amides is 1. The van der Waals surface area contributed by atoms with E-state index in [0.29, 0.717) is 0 Å². The van der Waals surface area contributed by atoms with E-state index in [2.05, 4.69) is 10.6 Å². The maximum absolute atomic E-state index is 11.0. The molecule has 0 bridgehead atoms. The fourth-order valence-corrected chi connectivity index (χ4v) is 0.976. The van der Waals surface area contributed by atoms with E-state index in [-0.39, 0.29) is 24.1 Å². The van der Waals surface area contributed by atoms with Crippen molar-refractivity contribution < 1.29 is 14.4 Å². The smallest absolute Gasteiger partial charge is 0.217 e. The van der Waals surface area contributed by atoms with Crippen LogP contribution in [0.1, 0.15) is 6.92 Å². The van der Waals surface area contributed by atoms with Gasteiger partial charge in [-0.25, -0.2) is 0 Å². The number of hydrogen-bond donors (Lipinski definition) is 2. The average molecular weight is 182 g/mol. The van der Waals surface area contributed by atoms with Gasteiger partial charge in [-0.3, -0.25) is 19.7 Å². The van der Waals surface area contributed by atoms with Gasteiger partial charge in [0.25, 0.3) is 0 Å². The summed E-state index contributed by atoms with van der Waals surface area (Å²) >= 11 is 0. The molecule has 1 aliphatic rings. The van der Waals surface area contributed by atoms with Gasteiger partial charge in [0.2, 0.25) is 5.91 Å². The highest BCUT2D eigenvalue weighted by molar-refractivity contribution is 6.22. The van der Waals surface area contributed by atoms with Crippen molar-refractivity contribution in [3.8, 4) is 0 Å². The van der Waals surface area contributed by atoms with Gasteiger partial charge in [-0.05, 0) is 12.2 Å². The Bertz CT molecular complexity index is 265. The van der Waals surface area contributed by atoms with Crippen LogP contribution < -0.4 is 10.6 Å². The number of carbonyl (C=O) groups excluding carboxylic acids is 3. The van der Waals surface area contributed by atoms with Crippen molar-refractivity contribution in [1.29, 1.82) is 0 Å². The van der Waals surface area contributed by atoms with Gasteiger partial charge in [0.15, 0.2) is 11.6 Å². The van der Waals surface area contributed by atoms with Crippen molar-refractivity contribution in [2.24, 2.45) is 0 Å². The molecule has 0 radical (unpaired) electrons. The Morgan fingerprint density at radius 2 is 1.92 bits per heavy atom. The molecule has 0 aromatic rings. The van der Waals surface area contributed by atoms with Crippen LogP contribution in [-0.2, 0) is 14.4 Å². The van der Waals surface area contributed by atoms with Crippen LogP contribution in [0.25, 0.3) is 0 Å². The summed E-state index contributed by atoms with van der Waals surface area (Å²) in [5.41, 5.74) is 0. The van der Waals surface area contributed by atoms with Gasteiger partial charge in [0.1, 0.15) is 6.04 Å². The third kappa shape index (κ3) is 2.48. The van der Waals surface area contributed by atoms with Gasteiger partial charge in [-0.15, -0.1) is 0 Å². The van der Waals surface area contributed by atoms with E-state index in [4.69, 9.17) is 0 Å². The highest BCUT2D eigenvalue weighted by Crippen LogP contribution is 2.00. The van der Waals surface area contributed by atoms with E-state index in [1.165, 1.54) is 19.1 Å². The molecule has 0 aromatic carbocycles. The lowest BCUT2D eigenvalue weighted by Gasteiger charge is -2.09. The normalized spacial score (nSPS) is 16.7. The van der Waals surface area contributed by atoms with Gasteiger partial charge >= 0.3 is 0 Å². The maximum Gasteiger partial charge on any atom is 0.217 e. The molecule has 70 valence electrons. The highest BCUT2D eigenvalue weighted by Gasteiger charge is 2.26. The number of carbonyl (C=O) groups is 3. The van der Waals surface area contributed by atoms with Crippen LogP contribution in [-0.4, -0.2) is 30.2 Å². The van der Waals surface area contributed by atoms with Crippen molar-refractivity contribution in [2.75, 3.05) is 6.67 Å². The predicted octanol–water partition coefficient (Wildman–Crippen LogP) is -1.25. The Morgan fingerprint density at radius 1 is 1.38 bits per heavy atom. The molecular weight excluding hydrogens is 172 g/mol. The van der Waals surface area contributed by atoms with Crippen LogP contribution in [0.4, 0.5) is 0 Å². The summed E-state index contributed by atoms with van der Waals surface area (Å²) in [6.45, 7) is 1.48. The van der Waals surface area contributed by atoms with Gasteiger partial charge in [-0.1, -0.05) is 0 Å². The Morgan fingerprint density at radius 3 is 2.38 bits per heavy atom. The summed E-state index contributed by atoms with van der Waals surface area (Å²) in [5.74, 6) is -0.746. The van der Waals surface area contributed by atoms with Crippen LogP contribution in [0.3, 0.4) is 0 Å². The van der Waals surface area contributed by atoms with Crippen LogP contribution in [0.15, 0.2) is 12.2 Å². The molecule has 0 heterocycles. The van der Waals surface area contributed by atoms with Gasteiger partial charge in [0, 0.05) is 6.92 Å². The standard InChI is InChI=1S/C8H10N2O3/c1-5(11)9-4-10-8-6(12)2-3-7(8)13/h2-3,8,10H,4H2,1H3,(H,9,11). The average Bonchev–Trinajstić information content (AvgIpc) is 2.34. The van der Waals surface area contributed by atoms with E-state index < -0.39 is 6.04 Å². The monoisotopic (exact) mass is 182 g/mol. The molecule has 0 saturated heterocycles. The highest BCUT2D eigenvalue weighted by atomic mass is 16.2. The van der Waals surface area contributed by atoms with Crippen molar-refractivity contribution in [2.45, 2.75) is 13.0 Å². The van der Waals surface area contributed by atoms with Crippen molar-refractivity contribution in [3.05, 3.63) is 12.2 Å². The summed E-state index contributed by atoms with van der Waals surface area (Å²) in [5, 5.41) is 5.05. The van der Waals surface area contributed by atoms with E-state index in [9.17, 15) is 14.4 Å². The Labute approximate surface area is 75.2 Å². The first kappa shape index (κ1) is 9.60. The molecule has 0 atom stereocenters. The minimum Gasteiger partial charge on any atom is -0.344 e. The number of ketones is 2. The molecule has 0 aliphatic heterocycles. The molecule has 2 N–H and O–H groups in total. The number of rotatable bonds is 3. The molecule has 1 rings (SSSR count). The van der Waals surface area contributed by atoms with Gasteiger partial charge < -0.3 is 5.32 Å². The summed E-state index contributed by atoms with van der Waals surface area (Å²) in [6.07, 6.45) is 2.46. The van der Waals surface area contributed by atoms with Crippen LogP contribution in [0.5, 0.6) is 0 Å². The largest absolute Gasteiger partial charge is 0.344 e. The first-order chi connectivity index (χ1) is 6.11. The third-order valence-corrected chi connectivity index (χ3v) is 1.62. The number of nitrogens with one attached hydrogen (secondary N) is 2. The topological polar surface area (TPSA) is 75.3 Å². The molecule has 0 fully saturated rings. The maximum atomic E-state index is 11.0. The lowest BCUT2D eigenvalue weighted by atomic mass is 10.2. The number of hydrogen-bond acceptors (Lipinski definition) is 4. The zero-order chi connectivity index (χ0) is 9.84. The lowest BCUT2D eigenvalue weighted by molar-refractivity contribution is -0.124. The van der Waals surface area contributed by atoms with Crippen LogP contribution >= 0.6 is 0 Å². The third-order valence-electron chi connectivity index (χ3n) is 1.62. The van der Waals surface area contributed by atoms with E-state index in [1.54, 1.807) is 0 Å². The fraction of sp³-hybridized carbons (Fsp3) is 0.375. The molecule has 0 unspecified atom stereocenters. The van der Waals surface area contributed by atoms with Crippen LogP contribution in [0, 0.1) is 0 Å². The van der Waals surface area contributed by atoms with E-state index >= 15 is 0 Å². The first-order valence-corrected chi connectivity index (χ1v) is 3.85. The molecule has 1 aliphatic carbocycles. The molecule has 5 nitrogen and oxygen atoms in total. The van der Waals surface area contributed by atoms with Gasteiger partial charge in [-0.2, -0.15) is 0 Å². The molecule has 5 heteroatoms. The second-order valence-electron chi connectivity index (χ2n) is 2.68. The fourth-order valence-electron chi connectivity index (χ4n) is 0.976. The summed E-state index contributed by atoms with van der Waals surface area (Å²) in [6, 6.07) is -0.813. The molecular formula is C8H10N2O3. The summed E-state index contributed by atoms with van der Waals surface area (Å²) in [4.78, 5) is 32.4. The molecule has 1 amide bonds.